The summed E-state index contributed by atoms with van der Waals surface area (Å²) in [7, 11) is -5.51. The predicted octanol–water partition coefficient (Wildman–Crippen LogP) is 6.77. The van der Waals surface area contributed by atoms with E-state index in [4.69, 9.17) is 18.8 Å². The van der Waals surface area contributed by atoms with Gasteiger partial charge in [-0.25, -0.2) is 9.67 Å². The first-order valence-corrected chi connectivity index (χ1v) is 17.1. The van der Waals surface area contributed by atoms with E-state index in [0.29, 0.717) is 0 Å². The van der Waals surface area contributed by atoms with E-state index >= 15 is 0 Å². The van der Waals surface area contributed by atoms with E-state index in [1.54, 1.807) is 24.3 Å². The van der Waals surface area contributed by atoms with Gasteiger partial charge >= 0.3 is 14.4 Å². The van der Waals surface area contributed by atoms with Crippen molar-refractivity contribution in [2.45, 2.75) is 50.3 Å². The summed E-state index contributed by atoms with van der Waals surface area (Å²) in [4.78, 5) is 18.5. The van der Waals surface area contributed by atoms with E-state index in [1.165, 1.54) is 13.3 Å². The third-order valence-electron chi connectivity index (χ3n) is 6.21. The highest BCUT2D eigenvalue weighted by molar-refractivity contribution is 7.30. The smallest absolute Gasteiger partial charge is 0.398 e. The molecule has 0 fully saturated rings. The first-order chi connectivity index (χ1) is 18.8. The molecule has 0 aliphatic heterocycles. The molecule has 1 heterocycles. The highest BCUT2D eigenvalue weighted by atomic mass is 31.1. The molecule has 1 aromatic heterocycles. The Balaban J connectivity index is 0.00000103. The Morgan fingerprint density at radius 1 is 0.825 bits per heavy atom. The van der Waals surface area contributed by atoms with Gasteiger partial charge in [-0.3, -0.25) is 0 Å². The maximum Gasteiger partial charge on any atom is 0.692 e. The molecule has 0 aliphatic carbocycles. The van der Waals surface area contributed by atoms with Crippen LogP contribution in [-0.2, 0) is 20.1 Å². The van der Waals surface area contributed by atoms with Crippen molar-refractivity contribution in [3.63, 3.8) is 0 Å². The van der Waals surface area contributed by atoms with Crippen molar-refractivity contribution in [1.82, 2.24) is 14.8 Å². The molecule has 3 aromatic carbocycles. The second-order valence-corrected chi connectivity index (χ2v) is 14.9. The number of rotatable bonds is 8. The molecule has 40 heavy (non-hydrogen) atoms. The molecule has 0 saturated heterocycles. The normalized spacial score (nSPS) is 13.6. The zero-order chi connectivity index (χ0) is 29.6. The van der Waals surface area contributed by atoms with E-state index in [-0.39, 0.29) is 12.2 Å². The summed E-state index contributed by atoms with van der Waals surface area (Å²) < 4.78 is 60.1. The molecule has 0 radical (unpaired) electrons. The van der Waals surface area contributed by atoms with Gasteiger partial charge in [0.05, 0.1) is 0 Å². The average molecular weight is 591 g/mol. The molecule has 1 atom stereocenters. The largest absolute Gasteiger partial charge is 0.692 e. The summed E-state index contributed by atoms with van der Waals surface area (Å²) in [6.07, 6.45) is -3.63. The molecule has 212 valence electrons. The fourth-order valence-corrected chi connectivity index (χ4v) is 6.13. The van der Waals surface area contributed by atoms with Crippen LogP contribution in [0.5, 0.6) is 0 Å². The maximum absolute atomic E-state index is 14.7. The summed E-state index contributed by atoms with van der Waals surface area (Å²) in [6.45, 7) is 6.68. The lowest BCUT2D eigenvalue weighted by Gasteiger charge is -2.38. The average Bonchev–Trinajstić information content (AvgIpc) is 3.39. The van der Waals surface area contributed by atoms with Crippen molar-refractivity contribution in [2.75, 3.05) is 0 Å². The first kappa shape index (κ1) is 31.3. The van der Waals surface area contributed by atoms with Crippen LogP contribution in [0.3, 0.4) is 0 Å². The second kappa shape index (κ2) is 12.5. The Labute approximate surface area is 233 Å². The number of alkyl halides is 3. The molecule has 2 N–H and O–H groups in total. The molecule has 0 bridgehead atoms. The number of halogens is 3. The number of aromatic nitrogens is 3. The van der Waals surface area contributed by atoms with Crippen LogP contribution in [0.15, 0.2) is 97.3 Å². The summed E-state index contributed by atoms with van der Waals surface area (Å²) in [5.74, 6) is -0.382. The predicted molar refractivity (Wildman–Crippen MR) is 149 cm³/mol. The van der Waals surface area contributed by atoms with Gasteiger partial charge in [0, 0.05) is 4.57 Å². The van der Waals surface area contributed by atoms with Crippen LogP contribution in [0, 0.1) is 0 Å². The number of nitrogens with zero attached hydrogens (tertiary/aromatic N) is 3. The SMILES string of the molecule is CCC(O[Si](C)(C)C)(c1ncn(C(c2ccccc2)(c2ccccc2)c2ccccc2)n1)C(F)(F)F.O=[P+](O)O. The van der Waals surface area contributed by atoms with Crippen molar-refractivity contribution < 1.29 is 31.9 Å². The van der Waals surface area contributed by atoms with Crippen molar-refractivity contribution in [3.8, 4) is 0 Å². The van der Waals surface area contributed by atoms with Gasteiger partial charge in [0.2, 0.25) is 5.60 Å². The molecule has 0 amide bonds. The number of hydrogen-bond acceptors (Lipinski definition) is 4. The minimum absolute atomic E-state index is 0.334. The van der Waals surface area contributed by atoms with Crippen LogP contribution >= 0.6 is 8.25 Å². The number of hydrogen-bond donors (Lipinski definition) is 2. The molecular weight excluding hydrogens is 558 g/mol. The third kappa shape index (κ3) is 6.56. The lowest BCUT2D eigenvalue weighted by molar-refractivity contribution is -0.262. The Hall–Kier alpha value is -3.21. The molecule has 4 rings (SSSR count). The zero-order valence-corrected chi connectivity index (χ0v) is 24.5. The van der Waals surface area contributed by atoms with E-state index in [1.807, 2.05) is 91.0 Å². The quantitative estimate of drug-likeness (QED) is 0.134. The van der Waals surface area contributed by atoms with E-state index in [9.17, 15) is 13.2 Å². The standard InChI is InChI=1S/C28H30F3N3OSi.HO3P/c1-5-26(28(29,30)31,35-36(2,3)4)25-32-21-34(33-25)27(22-15-9-6-10-16-22,23-17-11-7-12-18-23)24-19-13-8-14-20-24;1-4(2)3/h6-21H,5H2,1-4H3;(H-,1,2,3)/p+1. The highest BCUT2D eigenvalue weighted by Crippen LogP contribution is 2.46. The highest BCUT2D eigenvalue weighted by Gasteiger charge is 2.60. The zero-order valence-electron chi connectivity index (χ0n) is 22.6. The van der Waals surface area contributed by atoms with Crippen LogP contribution in [0.25, 0.3) is 0 Å². The fourth-order valence-electron chi connectivity index (χ4n) is 4.73. The lowest BCUT2D eigenvalue weighted by Crippen LogP contribution is -2.51. The van der Waals surface area contributed by atoms with Gasteiger partial charge in [0.15, 0.2) is 14.1 Å². The van der Waals surface area contributed by atoms with Crippen molar-refractivity contribution in [3.05, 3.63) is 120 Å². The van der Waals surface area contributed by atoms with Crippen molar-refractivity contribution >= 4 is 16.6 Å². The topological polar surface area (TPSA) is 97.5 Å². The third-order valence-corrected chi connectivity index (χ3v) is 7.17. The van der Waals surface area contributed by atoms with E-state index < -0.39 is 33.9 Å². The summed E-state index contributed by atoms with van der Waals surface area (Å²) in [6, 6.07) is 28.9. The molecule has 7 nitrogen and oxygen atoms in total. The van der Waals surface area contributed by atoms with Crippen LogP contribution in [0.1, 0.15) is 35.9 Å². The van der Waals surface area contributed by atoms with Gasteiger partial charge in [-0.1, -0.05) is 97.9 Å². The van der Waals surface area contributed by atoms with Gasteiger partial charge in [-0.2, -0.15) is 18.3 Å². The molecule has 0 saturated carbocycles. The van der Waals surface area contributed by atoms with Gasteiger partial charge in [0.25, 0.3) is 0 Å². The molecule has 4 aromatic rings. The summed E-state index contributed by atoms with van der Waals surface area (Å²) in [5, 5.41) is 4.59. The van der Waals surface area contributed by atoms with Gasteiger partial charge in [-0.05, 0) is 42.8 Å². The van der Waals surface area contributed by atoms with Crippen molar-refractivity contribution in [2.24, 2.45) is 0 Å². The van der Waals surface area contributed by atoms with Crippen molar-refractivity contribution in [1.29, 1.82) is 0 Å². The van der Waals surface area contributed by atoms with Gasteiger partial charge in [-0.15, -0.1) is 9.79 Å². The molecule has 12 heteroatoms. The summed E-state index contributed by atoms with van der Waals surface area (Å²) in [5.41, 5.74) is -1.12. The number of benzene rings is 3. The maximum atomic E-state index is 14.7. The second-order valence-electron chi connectivity index (χ2n) is 9.97. The summed E-state index contributed by atoms with van der Waals surface area (Å²) >= 11 is 0. The Morgan fingerprint density at radius 3 is 1.50 bits per heavy atom. The van der Waals surface area contributed by atoms with Gasteiger partial charge < -0.3 is 4.43 Å². The molecular formula is C28H32F3N3O4PSi+. The minimum Gasteiger partial charge on any atom is -0.398 e. The van der Waals surface area contributed by atoms with E-state index in [2.05, 4.69) is 10.1 Å². The van der Waals surface area contributed by atoms with Gasteiger partial charge in [0.1, 0.15) is 11.9 Å². The molecule has 0 spiro atoms. The van der Waals surface area contributed by atoms with Crippen LogP contribution in [-0.4, -0.2) is 39.0 Å². The van der Waals surface area contributed by atoms with Crippen LogP contribution in [0.4, 0.5) is 13.2 Å². The lowest BCUT2D eigenvalue weighted by atomic mass is 9.77. The Kier molecular flexibility index (Phi) is 9.81. The van der Waals surface area contributed by atoms with E-state index in [0.717, 1.165) is 16.7 Å². The Bertz CT molecular complexity index is 1280. The Morgan fingerprint density at radius 2 is 1.20 bits per heavy atom. The first-order valence-electron chi connectivity index (χ1n) is 12.5. The minimum atomic E-state index is -4.69. The van der Waals surface area contributed by atoms with Crippen LogP contribution < -0.4 is 0 Å². The monoisotopic (exact) mass is 590 g/mol. The molecule has 1 unspecified atom stereocenters. The molecule has 0 aliphatic rings. The van der Waals surface area contributed by atoms with Crippen LogP contribution in [0.2, 0.25) is 19.6 Å². The fraction of sp³-hybridized carbons (Fsp3) is 0.286.